The van der Waals surface area contributed by atoms with Crippen LogP contribution in [0.1, 0.15) is 22.8 Å². The van der Waals surface area contributed by atoms with Crippen LogP contribution in [-0.2, 0) is 0 Å². The fourth-order valence-electron chi connectivity index (χ4n) is 1.66. The summed E-state index contributed by atoms with van der Waals surface area (Å²) in [6, 6.07) is 1.63. The van der Waals surface area contributed by atoms with Crippen molar-refractivity contribution in [1.29, 1.82) is 0 Å². The lowest BCUT2D eigenvalue weighted by Gasteiger charge is -2.22. The van der Waals surface area contributed by atoms with Crippen LogP contribution < -0.4 is 9.47 Å². The van der Waals surface area contributed by atoms with Gasteiger partial charge in [-0.2, -0.15) is 0 Å². The first-order valence-electron chi connectivity index (χ1n) is 4.71. The van der Waals surface area contributed by atoms with E-state index in [9.17, 15) is 4.79 Å². The largest absolute Gasteiger partial charge is 0.486 e. The van der Waals surface area contributed by atoms with Crippen LogP contribution in [0.5, 0.6) is 11.5 Å². The molecular formula is C11H11ClO3. The molecule has 0 amide bonds. The van der Waals surface area contributed by atoms with Crippen LogP contribution in [0.15, 0.2) is 6.07 Å². The molecule has 0 saturated carbocycles. The molecule has 0 N–H and O–H groups in total. The number of hydrogen-bond donors (Lipinski definition) is 0. The normalized spacial score (nSPS) is 13.8. The number of ketones is 1. The average Bonchev–Trinajstić information content (AvgIpc) is 2.23. The summed E-state index contributed by atoms with van der Waals surface area (Å²) < 4.78 is 10.9. The number of benzene rings is 1. The second kappa shape index (κ2) is 3.74. The van der Waals surface area contributed by atoms with E-state index in [-0.39, 0.29) is 5.78 Å². The summed E-state index contributed by atoms with van der Waals surface area (Å²) in [6.07, 6.45) is 0. The van der Waals surface area contributed by atoms with Gasteiger partial charge in [-0.3, -0.25) is 4.79 Å². The van der Waals surface area contributed by atoms with Crippen molar-refractivity contribution in [3.05, 3.63) is 22.2 Å². The van der Waals surface area contributed by atoms with Crippen LogP contribution >= 0.6 is 11.6 Å². The smallest absolute Gasteiger partial charge is 0.180 e. The number of carbonyl (C=O) groups excluding carboxylic acids is 1. The number of ether oxygens (including phenoxy) is 2. The maximum Gasteiger partial charge on any atom is 0.180 e. The molecule has 3 nitrogen and oxygen atoms in total. The van der Waals surface area contributed by atoms with Gasteiger partial charge in [-0.25, -0.2) is 0 Å². The van der Waals surface area contributed by atoms with E-state index in [0.29, 0.717) is 35.3 Å². The summed E-state index contributed by atoms with van der Waals surface area (Å²) in [5, 5.41) is 0.431. The van der Waals surface area contributed by atoms with Crippen molar-refractivity contribution in [2.45, 2.75) is 13.8 Å². The highest BCUT2D eigenvalue weighted by Crippen LogP contribution is 2.41. The van der Waals surface area contributed by atoms with Crippen molar-refractivity contribution in [2.24, 2.45) is 0 Å². The molecule has 0 bridgehead atoms. The first-order valence-corrected chi connectivity index (χ1v) is 5.08. The minimum absolute atomic E-state index is 0.0219. The zero-order valence-electron chi connectivity index (χ0n) is 8.59. The Bertz CT molecular complexity index is 426. The van der Waals surface area contributed by atoms with E-state index >= 15 is 0 Å². The van der Waals surface area contributed by atoms with Crippen LogP contribution in [0.25, 0.3) is 0 Å². The molecule has 15 heavy (non-hydrogen) atoms. The molecule has 0 spiro atoms. The molecule has 0 saturated heterocycles. The highest BCUT2D eigenvalue weighted by Gasteiger charge is 2.21. The Morgan fingerprint density at radius 2 is 1.93 bits per heavy atom. The Kier molecular flexibility index (Phi) is 2.57. The number of carbonyl (C=O) groups is 1. The van der Waals surface area contributed by atoms with Crippen molar-refractivity contribution >= 4 is 17.4 Å². The van der Waals surface area contributed by atoms with E-state index in [1.54, 1.807) is 6.07 Å². The quantitative estimate of drug-likeness (QED) is 0.691. The van der Waals surface area contributed by atoms with Crippen molar-refractivity contribution in [1.82, 2.24) is 0 Å². The van der Waals surface area contributed by atoms with Crippen LogP contribution in [0, 0.1) is 6.92 Å². The Hall–Kier alpha value is -1.22. The van der Waals surface area contributed by atoms with Crippen LogP contribution in [-0.4, -0.2) is 19.0 Å². The third-order valence-electron chi connectivity index (χ3n) is 2.39. The lowest BCUT2D eigenvalue weighted by Crippen LogP contribution is -2.17. The molecule has 0 unspecified atom stereocenters. The molecule has 0 aliphatic carbocycles. The molecule has 1 heterocycles. The SMILES string of the molecule is CC(=O)c1cc(Cl)c2c(c1C)OCCO2. The van der Waals surface area contributed by atoms with E-state index in [1.165, 1.54) is 6.92 Å². The van der Waals surface area contributed by atoms with E-state index < -0.39 is 0 Å². The van der Waals surface area contributed by atoms with Gasteiger partial charge in [0.2, 0.25) is 0 Å². The predicted octanol–water partition coefficient (Wildman–Crippen LogP) is 2.62. The molecule has 0 atom stereocenters. The molecule has 0 aromatic heterocycles. The lowest BCUT2D eigenvalue weighted by atomic mass is 10.0. The third-order valence-corrected chi connectivity index (χ3v) is 2.67. The van der Waals surface area contributed by atoms with Gasteiger partial charge in [-0.15, -0.1) is 0 Å². The van der Waals surface area contributed by atoms with E-state index in [2.05, 4.69) is 0 Å². The number of fused-ring (bicyclic) bond motifs is 1. The summed E-state index contributed by atoms with van der Waals surface area (Å²) in [7, 11) is 0. The zero-order chi connectivity index (χ0) is 11.0. The molecule has 1 aliphatic heterocycles. The highest BCUT2D eigenvalue weighted by molar-refractivity contribution is 6.32. The van der Waals surface area contributed by atoms with Gasteiger partial charge in [0.25, 0.3) is 0 Å². The van der Waals surface area contributed by atoms with Crippen LogP contribution in [0.3, 0.4) is 0 Å². The molecule has 0 fully saturated rings. The minimum atomic E-state index is -0.0219. The predicted molar refractivity (Wildman–Crippen MR) is 57.2 cm³/mol. The van der Waals surface area contributed by atoms with Gasteiger partial charge in [0.1, 0.15) is 13.2 Å². The maximum absolute atomic E-state index is 11.3. The van der Waals surface area contributed by atoms with E-state index in [4.69, 9.17) is 21.1 Å². The number of hydrogen-bond acceptors (Lipinski definition) is 3. The molecule has 2 rings (SSSR count). The van der Waals surface area contributed by atoms with Gasteiger partial charge < -0.3 is 9.47 Å². The first kappa shape index (κ1) is 10.3. The Labute approximate surface area is 92.9 Å². The summed E-state index contributed by atoms with van der Waals surface area (Å²) >= 11 is 6.01. The summed E-state index contributed by atoms with van der Waals surface area (Å²) in [5.41, 5.74) is 1.38. The van der Waals surface area contributed by atoms with Crippen LogP contribution in [0.2, 0.25) is 5.02 Å². The zero-order valence-corrected chi connectivity index (χ0v) is 9.35. The molecule has 0 radical (unpaired) electrons. The van der Waals surface area contributed by atoms with Gasteiger partial charge in [0.05, 0.1) is 5.02 Å². The van der Waals surface area contributed by atoms with Gasteiger partial charge in [-0.05, 0) is 19.9 Å². The van der Waals surface area contributed by atoms with Crippen molar-refractivity contribution in [3.8, 4) is 11.5 Å². The molecule has 1 aromatic rings. The van der Waals surface area contributed by atoms with Gasteiger partial charge in [0.15, 0.2) is 17.3 Å². The maximum atomic E-state index is 11.3. The number of Topliss-reactive ketones (excluding diaryl/α,β-unsaturated/α-hetero) is 1. The average molecular weight is 227 g/mol. The standard InChI is InChI=1S/C11H11ClO3/c1-6-8(7(2)13)5-9(12)11-10(6)14-3-4-15-11/h5H,3-4H2,1-2H3. The topological polar surface area (TPSA) is 35.5 Å². The van der Waals surface area contributed by atoms with Crippen molar-refractivity contribution in [2.75, 3.05) is 13.2 Å². The lowest BCUT2D eigenvalue weighted by molar-refractivity contribution is 0.101. The summed E-state index contributed by atoms with van der Waals surface area (Å²) in [4.78, 5) is 11.3. The molecule has 1 aromatic carbocycles. The summed E-state index contributed by atoms with van der Waals surface area (Å²) in [5.74, 6) is 1.12. The monoisotopic (exact) mass is 226 g/mol. The van der Waals surface area contributed by atoms with Crippen molar-refractivity contribution in [3.63, 3.8) is 0 Å². The number of halogens is 1. The molecular weight excluding hydrogens is 216 g/mol. The van der Waals surface area contributed by atoms with E-state index in [1.807, 2.05) is 6.92 Å². The molecule has 1 aliphatic rings. The van der Waals surface area contributed by atoms with Gasteiger partial charge in [-0.1, -0.05) is 11.6 Å². The first-order chi connectivity index (χ1) is 7.11. The van der Waals surface area contributed by atoms with Crippen LogP contribution in [0.4, 0.5) is 0 Å². The second-order valence-electron chi connectivity index (χ2n) is 3.44. The second-order valence-corrected chi connectivity index (χ2v) is 3.85. The summed E-state index contributed by atoms with van der Waals surface area (Å²) in [6.45, 7) is 4.33. The van der Waals surface area contributed by atoms with Crippen molar-refractivity contribution < 1.29 is 14.3 Å². The number of rotatable bonds is 1. The van der Waals surface area contributed by atoms with Gasteiger partial charge >= 0.3 is 0 Å². The fourth-order valence-corrected chi connectivity index (χ4v) is 1.91. The van der Waals surface area contributed by atoms with E-state index in [0.717, 1.165) is 5.56 Å². The fraction of sp³-hybridized carbons (Fsp3) is 0.364. The Balaban J connectivity index is 2.64. The third kappa shape index (κ3) is 1.67. The molecule has 4 heteroatoms. The Morgan fingerprint density at radius 3 is 2.53 bits per heavy atom. The molecule has 80 valence electrons. The highest BCUT2D eigenvalue weighted by atomic mass is 35.5. The minimum Gasteiger partial charge on any atom is -0.486 e. The Morgan fingerprint density at radius 1 is 1.33 bits per heavy atom. The van der Waals surface area contributed by atoms with Gasteiger partial charge in [0, 0.05) is 11.1 Å².